The van der Waals surface area contributed by atoms with Crippen molar-refractivity contribution in [2.45, 2.75) is 13.5 Å². The third-order valence-corrected chi connectivity index (χ3v) is 3.17. The van der Waals surface area contributed by atoms with Crippen molar-refractivity contribution >= 4 is 17.2 Å². The molecule has 1 heterocycles. The van der Waals surface area contributed by atoms with Crippen molar-refractivity contribution in [2.75, 3.05) is 0 Å². The second kappa shape index (κ2) is 5.43. The number of aryl methyl sites for hydroxylation is 1. The van der Waals surface area contributed by atoms with Gasteiger partial charge in [-0.2, -0.15) is 5.26 Å². The van der Waals surface area contributed by atoms with Gasteiger partial charge in [-0.1, -0.05) is 6.07 Å². The van der Waals surface area contributed by atoms with E-state index in [2.05, 4.69) is 10.3 Å². The fourth-order valence-electron chi connectivity index (χ4n) is 1.49. The van der Waals surface area contributed by atoms with Crippen LogP contribution in [-0.2, 0) is 6.54 Å². The maximum absolute atomic E-state index is 11.8. The molecule has 2 aromatic rings. The number of nitrogens with zero attached hydrogens (tertiary/aromatic N) is 2. The molecule has 0 saturated heterocycles. The van der Waals surface area contributed by atoms with Crippen LogP contribution in [0.5, 0.6) is 0 Å². The normalized spacial score (nSPS) is 9.78. The first kappa shape index (κ1) is 12.3. The molecule has 4 nitrogen and oxygen atoms in total. The van der Waals surface area contributed by atoms with E-state index in [1.54, 1.807) is 35.6 Å². The topological polar surface area (TPSA) is 65.8 Å². The summed E-state index contributed by atoms with van der Waals surface area (Å²) in [6.45, 7) is 2.33. The van der Waals surface area contributed by atoms with Gasteiger partial charge in [0.1, 0.15) is 0 Å². The standard InChI is InChI=1S/C13H11N3OS/c1-9-16-12(8-18-9)7-15-13(17)11-4-2-3-10(5-11)6-14/h2-5,8H,7H2,1H3,(H,15,17). The zero-order chi connectivity index (χ0) is 13.0. The Balaban J connectivity index is 2.01. The van der Waals surface area contributed by atoms with E-state index in [9.17, 15) is 4.79 Å². The van der Waals surface area contributed by atoms with Gasteiger partial charge >= 0.3 is 0 Å². The van der Waals surface area contributed by atoms with Crippen LogP contribution in [0.15, 0.2) is 29.6 Å². The fraction of sp³-hybridized carbons (Fsp3) is 0.154. The predicted molar refractivity (Wildman–Crippen MR) is 69.2 cm³/mol. The number of carbonyl (C=O) groups excluding carboxylic acids is 1. The van der Waals surface area contributed by atoms with E-state index in [0.29, 0.717) is 17.7 Å². The van der Waals surface area contributed by atoms with E-state index in [0.717, 1.165) is 10.7 Å². The fourth-order valence-corrected chi connectivity index (χ4v) is 2.10. The number of rotatable bonds is 3. The molecule has 0 aliphatic heterocycles. The average Bonchev–Trinajstić information content (AvgIpc) is 2.82. The van der Waals surface area contributed by atoms with Crippen LogP contribution in [0.3, 0.4) is 0 Å². The Morgan fingerprint density at radius 2 is 2.39 bits per heavy atom. The van der Waals surface area contributed by atoms with E-state index in [1.807, 2.05) is 18.4 Å². The summed E-state index contributed by atoms with van der Waals surface area (Å²) in [4.78, 5) is 16.1. The van der Waals surface area contributed by atoms with E-state index in [1.165, 1.54) is 0 Å². The van der Waals surface area contributed by atoms with Crippen LogP contribution in [0.1, 0.15) is 26.6 Å². The summed E-state index contributed by atoms with van der Waals surface area (Å²) >= 11 is 1.55. The van der Waals surface area contributed by atoms with Crippen LogP contribution >= 0.6 is 11.3 Å². The molecule has 0 radical (unpaired) electrons. The molecule has 90 valence electrons. The third-order valence-electron chi connectivity index (χ3n) is 2.35. The minimum absolute atomic E-state index is 0.197. The third kappa shape index (κ3) is 2.93. The Hall–Kier alpha value is -2.19. The number of amides is 1. The molecule has 1 aromatic heterocycles. The van der Waals surface area contributed by atoms with Gasteiger partial charge in [0.05, 0.1) is 28.9 Å². The molecule has 1 aromatic carbocycles. The minimum Gasteiger partial charge on any atom is -0.346 e. The molecule has 0 aliphatic carbocycles. The van der Waals surface area contributed by atoms with Crippen LogP contribution in [0.2, 0.25) is 0 Å². The van der Waals surface area contributed by atoms with Gasteiger partial charge in [0.25, 0.3) is 5.91 Å². The van der Waals surface area contributed by atoms with E-state index in [-0.39, 0.29) is 5.91 Å². The molecule has 0 saturated carbocycles. The predicted octanol–water partition coefficient (Wildman–Crippen LogP) is 2.25. The SMILES string of the molecule is Cc1nc(CNC(=O)c2cccc(C#N)c2)cs1. The summed E-state index contributed by atoms with van der Waals surface area (Å²) in [6, 6.07) is 8.62. The lowest BCUT2D eigenvalue weighted by atomic mass is 10.1. The summed E-state index contributed by atoms with van der Waals surface area (Å²) in [5, 5.41) is 14.4. The second-order valence-corrected chi connectivity index (χ2v) is 4.80. The Morgan fingerprint density at radius 3 is 3.06 bits per heavy atom. The van der Waals surface area contributed by atoms with Crippen molar-refractivity contribution < 1.29 is 4.79 Å². The van der Waals surface area contributed by atoms with Crippen LogP contribution in [0.25, 0.3) is 0 Å². The van der Waals surface area contributed by atoms with E-state index >= 15 is 0 Å². The van der Waals surface area contributed by atoms with Crippen LogP contribution < -0.4 is 5.32 Å². The van der Waals surface area contributed by atoms with E-state index < -0.39 is 0 Å². The highest BCUT2D eigenvalue weighted by molar-refractivity contribution is 7.09. The number of hydrogen-bond acceptors (Lipinski definition) is 4. The molecule has 1 amide bonds. The quantitative estimate of drug-likeness (QED) is 0.917. The van der Waals surface area contributed by atoms with Crippen molar-refractivity contribution in [1.29, 1.82) is 5.26 Å². The monoisotopic (exact) mass is 257 g/mol. The van der Waals surface area contributed by atoms with E-state index in [4.69, 9.17) is 5.26 Å². The summed E-state index contributed by atoms with van der Waals surface area (Å²) in [7, 11) is 0. The van der Waals surface area contributed by atoms with Gasteiger partial charge in [-0.15, -0.1) is 11.3 Å². The molecule has 0 aliphatic rings. The lowest BCUT2D eigenvalue weighted by molar-refractivity contribution is 0.0950. The second-order valence-electron chi connectivity index (χ2n) is 3.73. The molecule has 1 N–H and O–H groups in total. The molecule has 0 spiro atoms. The molecule has 0 bridgehead atoms. The number of carbonyl (C=O) groups is 1. The Labute approximate surface area is 109 Å². The highest BCUT2D eigenvalue weighted by atomic mass is 32.1. The number of aromatic nitrogens is 1. The summed E-state index contributed by atoms with van der Waals surface area (Å²) in [5.74, 6) is -0.197. The van der Waals surface area contributed by atoms with Gasteiger partial charge in [0.15, 0.2) is 0 Å². The number of nitrogens with one attached hydrogen (secondary N) is 1. The zero-order valence-corrected chi connectivity index (χ0v) is 10.6. The van der Waals surface area contributed by atoms with Crippen molar-refractivity contribution in [2.24, 2.45) is 0 Å². The van der Waals surface area contributed by atoms with Gasteiger partial charge in [0, 0.05) is 10.9 Å². The van der Waals surface area contributed by atoms with Crippen LogP contribution in [0, 0.1) is 18.3 Å². The van der Waals surface area contributed by atoms with Crippen molar-refractivity contribution in [1.82, 2.24) is 10.3 Å². The highest BCUT2D eigenvalue weighted by Gasteiger charge is 2.06. The molecule has 0 unspecified atom stereocenters. The lowest BCUT2D eigenvalue weighted by Gasteiger charge is -2.03. The first-order valence-corrected chi connectivity index (χ1v) is 6.26. The average molecular weight is 257 g/mol. The number of nitriles is 1. The van der Waals surface area contributed by atoms with Crippen LogP contribution in [-0.4, -0.2) is 10.9 Å². The molecule has 0 fully saturated rings. The Bertz CT molecular complexity index is 613. The maximum atomic E-state index is 11.8. The molecular weight excluding hydrogens is 246 g/mol. The van der Waals surface area contributed by atoms with Crippen molar-refractivity contribution in [3.05, 3.63) is 51.5 Å². The van der Waals surface area contributed by atoms with Gasteiger partial charge in [-0.05, 0) is 25.1 Å². The Kier molecular flexibility index (Phi) is 3.70. The van der Waals surface area contributed by atoms with Crippen LogP contribution in [0.4, 0.5) is 0 Å². The summed E-state index contributed by atoms with van der Waals surface area (Å²) in [5.41, 5.74) is 1.82. The number of thiazole rings is 1. The molecule has 0 atom stereocenters. The van der Waals surface area contributed by atoms with Gasteiger partial charge < -0.3 is 5.32 Å². The van der Waals surface area contributed by atoms with Gasteiger partial charge in [-0.25, -0.2) is 4.98 Å². The number of hydrogen-bond donors (Lipinski definition) is 1. The number of benzene rings is 1. The van der Waals surface area contributed by atoms with Gasteiger partial charge in [-0.3, -0.25) is 4.79 Å². The van der Waals surface area contributed by atoms with Gasteiger partial charge in [0.2, 0.25) is 0 Å². The van der Waals surface area contributed by atoms with Crippen molar-refractivity contribution in [3.63, 3.8) is 0 Å². The maximum Gasteiger partial charge on any atom is 0.251 e. The molecule has 2 rings (SSSR count). The molecule has 5 heteroatoms. The summed E-state index contributed by atoms with van der Waals surface area (Å²) in [6.07, 6.45) is 0. The highest BCUT2D eigenvalue weighted by Crippen LogP contribution is 2.08. The first-order chi connectivity index (χ1) is 8.69. The lowest BCUT2D eigenvalue weighted by Crippen LogP contribution is -2.22. The summed E-state index contributed by atoms with van der Waals surface area (Å²) < 4.78 is 0. The largest absolute Gasteiger partial charge is 0.346 e. The van der Waals surface area contributed by atoms with Crippen molar-refractivity contribution in [3.8, 4) is 6.07 Å². The Morgan fingerprint density at radius 1 is 1.56 bits per heavy atom. The zero-order valence-electron chi connectivity index (χ0n) is 9.80. The first-order valence-electron chi connectivity index (χ1n) is 5.38. The molecular formula is C13H11N3OS. The minimum atomic E-state index is -0.197. The smallest absolute Gasteiger partial charge is 0.251 e. The molecule has 18 heavy (non-hydrogen) atoms.